The molecule has 2 amide bonds. The number of nitrogens with zero attached hydrogens (tertiary/aromatic N) is 2. The summed E-state index contributed by atoms with van der Waals surface area (Å²) in [6, 6.07) is 21.7. The van der Waals surface area contributed by atoms with Gasteiger partial charge in [0.25, 0.3) is 0 Å². The molecule has 7 nitrogen and oxygen atoms in total. The zero-order valence-corrected chi connectivity index (χ0v) is 24.7. The Bertz CT molecular complexity index is 1410. The van der Waals surface area contributed by atoms with Crippen molar-refractivity contribution in [3.05, 3.63) is 100 Å². The second-order valence-electron chi connectivity index (χ2n) is 10.3. The minimum absolute atomic E-state index is 0.0433. The molecule has 3 aromatic rings. The van der Waals surface area contributed by atoms with Crippen LogP contribution >= 0.6 is 23.2 Å². The van der Waals surface area contributed by atoms with Crippen molar-refractivity contribution in [3.8, 4) is 0 Å². The van der Waals surface area contributed by atoms with E-state index >= 15 is 0 Å². The predicted molar refractivity (Wildman–Crippen MR) is 157 cm³/mol. The van der Waals surface area contributed by atoms with Crippen LogP contribution in [0.3, 0.4) is 0 Å². The molecule has 1 atom stereocenters. The van der Waals surface area contributed by atoms with Gasteiger partial charge in [0, 0.05) is 28.5 Å². The molecule has 0 aliphatic heterocycles. The van der Waals surface area contributed by atoms with Crippen LogP contribution in [0.4, 0.5) is 5.69 Å². The van der Waals surface area contributed by atoms with Crippen molar-refractivity contribution in [3.63, 3.8) is 0 Å². The smallest absolute Gasteiger partial charge is 0.244 e. The molecule has 208 valence electrons. The van der Waals surface area contributed by atoms with Crippen LogP contribution in [0, 0.1) is 0 Å². The summed E-state index contributed by atoms with van der Waals surface area (Å²) in [5.74, 6) is -0.902. The summed E-state index contributed by atoms with van der Waals surface area (Å²) >= 11 is 12.3. The van der Waals surface area contributed by atoms with E-state index in [0.29, 0.717) is 15.6 Å². The van der Waals surface area contributed by atoms with Crippen LogP contribution < -0.4 is 9.62 Å². The van der Waals surface area contributed by atoms with Crippen LogP contribution in [0.15, 0.2) is 78.9 Å². The average molecular weight is 591 g/mol. The van der Waals surface area contributed by atoms with E-state index in [2.05, 4.69) is 5.32 Å². The lowest BCUT2D eigenvalue weighted by Crippen LogP contribution is -2.56. The number of carbonyl (C=O) groups is 2. The van der Waals surface area contributed by atoms with E-state index in [1.165, 1.54) is 11.0 Å². The zero-order valence-electron chi connectivity index (χ0n) is 22.4. The number of anilines is 1. The molecule has 0 saturated carbocycles. The Morgan fingerprint density at radius 3 is 2.03 bits per heavy atom. The lowest BCUT2D eigenvalue weighted by Gasteiger charge is -2.35. The minimum atomic E-state index is -3.87. The maximum atomic E-state index is 14.0. The number of hydrogen-bond acceptors (Lipinski definition) is 4. The second kappa shape index (κ2) is 12.9. The van der Waals surface area contributed by atoms with Gasteiger partial charge in [-0.05, 0) is 62.2 Å². The Kier molecular flexibility index (Phi) is 10.0. The van der Waals surface area contributed by atoms with Crippen LogP contribution in [0.25, 0.3) is 0 Å². The van der Waals surface area contributed by atoms with Crippen LogP contribution in [0.2, 0.25) is 10.0 Å². The van der Waals surface area contributed by atoms with Crippen LogP contribution in [-0.2, 0) is 32.6 Å². The highest BCUT2D eigenvalue weighted by Crippen LogP contribution is 2.24. The summed E-state index contributed by atoms with van der Waals surface area (Å²) in [4.78, 5) is 29.1. The Hall–Kier alpha value is -3.07. The predicted octanol–water partition coefficient (Wildman–Crippen LogP) is 5.31. The van der Waals surface area contributed by atoms with Crippen molar-refractivity contribution in [1.29, 1.82) is 0 Å². The quantitative estimate of drug-likeness (QED) is 0.347. The van der Waals surface area contributed by atoms with Gasteiger partial charge in [-0.25, -0.2) is 8.42 Å². The number of benzene rings is 3. The molecular weight excluding hydrogens is 557 g/mol. The van der Waals surface area contributed by atoms with Gasteiger partial charge in [0.1, 0.15) is 12.6 Å². The first-order valence-electron chi connectivity index (χ1n) is 12.4. The second-order valence-corrected chi connectivity index (χ2v) is 13.1. The van der Waals surface area contributed by atoms with E-state index in [9.17, 15) is 18.0 Å². The molecule has 39 heavy (non-hydrogen) atoms. The first kappa shape index (κ1) is 30.5. The maximum absolute atomic E-state index is 14.0. The fourth-order valence-electron chi connectivity index (χ4n) is 4.08. The third-order valence-corrected chi connectivity index (χ3v) is 7.40. The molecule has 0 spiro atoms. The van der Waals surface area contributed by atoms with Gasteiger partial charge in [-0.15, -0.1) is 0 Å². The largest absolute Gasteiger partial charge is 0.350 e. The fourth-order valence-corrected chi connectivity index (χ4v) is 5.32. The van der Waals surface area contributed by atoms with Crippen LogP contribution in [-0.4, -0.2) is 49.5 Å². The summed E-state index contributed by atoms with van der Waals surface area (Å²) in [6.07, 6.45) is 1.25. The molecule has 3 aromatic carbocycles. The van der Waals surface area contributed by atoms with Gasteiger partial charge in [-0.2, -0.15) is 0 Å². The molecule has 10 heteroatoms. The first-order chi connectivity index (χ1) is 18.2. The summed E-state index contributed by atoms with van der Waals surface area (Å²) < 4.78 is 26.6. The summed E-state index contributed by atoms with van der Waals surface area (Å²) in [6.45, 7) is 5.10. The van der Waals surface area contributed by atoms with Gasteiger partial charge in [0.05, 0.1) is 11.9 Å². The van der Waals surface area contributed by atoms with Gasteiger partial charge < -0.3 is 10.2 Å². The molecule has 0 aliphatic rings. The van der Waals surface area contributed by atoms with Gasteiger partial charge in [-0.1, -0.05) is 71.7 Å². The Balaban J connectivity index is 2.08. The molecular formula is C29H33Cl2N3O4S. The normalized spacial score (nSPS) is 12.5. The van der Waals surface area contributed by atoms with E-state index in [1.54, 1.807) is 42.5 Å². The van der Waals surface area contributed by atoms with E-state index in [4.69, 9.17) is 23.2 Å². The van der Waals surface area contributed by atoms with Gasteiger partial charge in [-0.3, -0.25) is 13.9 Å². The number of carbonyl (C=O) groups excluding carboxylic acids is 2. The number of rotatable bonds is 10. The van der Waals surface area contributed by atoms with Gasteiger partial charge >= 0.3 is 0 Å². The summed E-state index contributed by atoms with van der Waals surface area (Å²) in [7, 11) is -3.87. The number of amides is 2. The number of halogens is 2. The molecule has 0 radical (unpaired) electrons. The Morgan fingerprint density at radius 1 is 0.872 bits per heavy atom. The molecule has 0 saturated heterocycles. The molecule has 0 bridgehead atoms. The molecule has 0 heterocycles. The standard InChI is InChI=1S/C29H33Cl2N3O4S/c1-29(2,3)32-28(36)26(17-21-10-6-5-7-11-21)33(19-22-12-8-13-23(30)16-22)27(35)20-34(39(4,37)38)25-15-9-14-24(31)18-25/h5-16,18,26H,17,19-20H2,1-4H3,(H,32,36)/t26-/m1/s1. The van der Waals surface area contributed by atoms with Gasteiger partial charge in [0.2, 0.25) is 21.8 Å². The van der Waals surface area contributed by atoms with Crippen molar-refractivity contribution >= 4 is 50.7 Å². The molecule has 1 N–H and O–H groups in total. The number of hydrogen-bond donors (Lipinski definition) is 1. The van der Waals surface area contributed by atoms with Crippen molar-refractivity contribution in [2.24, 2.45) is 0 Å². The number of nitrogens with one attached hydrogen (secondary N) is 1. The third-order valence-electron chi connectivity index (χ3n) is 5.79. The van der Waals surface area contributed by atoms with Crippen LogP contribution in [0.5, 0.6) is 0 Å². The highest BCUT2D eigenvalue weighted by Gasteiger charge is 2.34. The first-order valence-corrected chi connectivity index (χ1v) is 15.0. The summed E-state index contributed by atoms with van der Waals surface area (Å²) in [5, 5.41) is 3.80. The lowest BCUT2D eigenvalue weighted by atomic mass is 10.0. The SMILES string of the molecule is CC(C)(C)NC(=O)[C@@H](Cc1ccccc1)N(Cc1cccc(Cl)c1)C(=O)CN(c1cccc(Cl)c1)S(C)(=O)=O. The van der Waals surface area contributed by atoms with Crippen molar-refractivity contribution in [2.75, 3.05) is 17.1 Å². The van der Waals surface area contributed by atoms with Crippen molar-refractivity contribution in [1.82, 2.24) is 10.2 Å². The highest BCUT2D eigenvalue weighted by atomic mass is 35.5. The van der Waals surface area contributed by atoms with E-state index in [-0.39, 0.29) is 24.6 Å². The molecule has 0 aliphatic carbocycles. The number of sulfonamides is 1. The van der Waals surface area contributed by atoms with Crippen molar-refractivity contribution < 1.29 is 18.0 Å². The monoisotopic (exact) mass is 589 g/mol. The molecule has 3 rings (SSSR count). The lowest BCUT2D eigenvalue weighted by molar-refractivity contribution is -0.140. The zero-order chi connectivity index (χ0) is 28.8. The Morgan fingerprint density at radius 2 is 1.46 bits per heavy atom. The molecule has 0 aromatic heterocycles. The Labute approximate surface area is 240 Å². The third kappa shape index (κ3) is 9.27. The van der Waals surface area contributed by atoms with E-state index < -0.39 is 34.1 Å². The fraction of sp³-hybridized carbons (Fsp3) is 0.310. The van der Waals surface area contributed by atoms with E-state index in [1.807, 2.05) is 51.1 Å². The topological polar surface area (TPSA) is 86.8 Å². The average Bonchev–Trinajstić information content (AvgIpc) is 2.83. The minimum Gasteiger partial charge on any atom is -0.350 e. The highest BCUT2D eigenvalue weighted by molar-refractivity contribution is 7.92. The van der Waals surface area contributed by atoms with Crippen molar-refractivity contribution in [2.45, 2.75) is 45.3 Å². The summed E-state index contributed by atoms with van der Waals surface area (Å²) in [5.41, 5.74) is 1.24. The van der Waals surface area contributed by atoms with E-state index in [0.717, 1.165) is 16.1 Å². The maximum Gasteiger partial charge on any atom is 0.244 e. The molecule has 0 unspecified atom stereocenters. The van der Waals surface area contributed by atoms with Gasteiger partial charge in [0.15, 0.2) is 0 Å². The van der Waals surface area contributed by atoms with Crippen LogP contribution in [0.1, 0.15) is 31.9 Å². The molecule has 0 fully saturated rings.